The number of anilines is 1. The molecule has 5 rings (SSSR count). The van der Waals surface area contributed by atoms with E-state index in [1.807, 2.05) is 29.2 Å². The van der Waals surface area contributed by atoms with Gasteiger partial charge in [-0.15, -0.1) is 0 Å². The molecule has 6 nitrogen and oxygen atoms in total. The molecule has 0 saturated carbocycles. The first-order valence-electron chi connectivity index (χ1n) is 10.7. The Hall–Kier alpha value is -3.35. The summed E-state index contributed by atoms with van der Waals surface area (Å²) in [7, 11) is 0. The van der Waals surface area contributed by atoms with E-state index in [-0.39, 0.29) is 11.7 Å². The summed E-state index contributed by atoms with van der Waals surface area (Å²) in [6.45, 7) is 2.42. The molecule has 160 valence electrons. The number of hydrogen-bond donors (Lipinski definition) is 0. The van der Waals surface area contributed by atoms with Crippen LogP contribution in [0.3, 0.4) is 0 Å². The third kappa shape index (κ3) is 4.13. The molecule has 0 bridgehead atoms. The largest absolute Gasteiger partial charge is 0.477 e. The second-order valence-electron chi connectivity index (χ2n) is 7.97. The second-order valence-corrected chi connectivity index (χ2v) is 7.97. The molecule has 0 aliphatic carbocycles. The number of fused-ring (bicyclic) bond motifs is 1. The molecule has 1 saturated heterocycles. The van der Waals surface area contributed by atoms with Gasteiger partial charge >= 0.3 is 0 Å². The lowest BCUT2D eigenvalue weighted by molar-refractivity contribution is -0.139. The van der Waals surface area contributed by atoms with Crippen LogP contribution in [0.4, 0.5) is 10.1 Å². The topological polar surface area (TPSA) is 58.8 Å². The first kappa shape index (κ1) is 19.6. The number of carbonyl (C=O) groups excluding carboxylic acids is 1. The van der Waals surface area contributed by atoms with E-state index in [1.165, 1.54) is 18.6 Å². The third-order valence-corrected chi connectivity index (χ3v) is 5.81. The Balaban J connectivity index is 1.36. The summed E-state index contributed by atoms with van der Waals surface area (Å²) in [5.74, 6) is 1.54. The number of oxazole rings is 1. The lowest BCUT2D eigenvalue weighted by Gasteiger charge is -2.37. The average molecular weight is 421 g/mol. The molecule has 1 fully saturated rings. The predicted octanol–water partition coefficient (Wildman–Crippen LogP) is 4.26. The number of nitrogens with zero attached hydrogens (tertiary/aromatic N) is 3. The Bertz CT molecular complexity index is 1060. The predicted molar refractivity (Wildman–Crippen MR) is 114 cm³/mol. The van der Waals surface area contributed by atoms with Crippen LogP contribution in [0, 0.1) is 5.82 Å². The van der Waals surface area contributed by atoms with Crippen molar-refractivity contribution in [2.75, 3.05) is 24.5 Å². The molecule has 0 unspecified atom stereocenters. The molecular formula is C24H24FN3O3. The standard InChI is InChI=1S/C24H24FN3O3/c25-18-10-8-17(9-11-18)21-14-26-23(31-21)16-28-15-22(24(29)27-12-4-1-5-13-27)30-20-7-3-2-6-19(20)28/h2-3,6-11,14,22H,1,4-5,12-13,15-16H2/t22-/m0/s1. The van der Waals surface area contributed by atoms with Crippen LogP contribution in [0.2, 0.25) is 0 Å². The van der Waals surface area contributed by atoms with Crippen LogP contribution in [0.5, 0.6) is 5.75 Å². The van der Waals surface area contributed by atoms with Crippen LogP contribution in [-0.4, -0.2) is 41.5 Å². The number of halogens is 1. The molecule has 1 atom stereocenters. The molecule has 2 aromatic carbocycles. The van der Waals surface area contributed by atoms with E-state index in [0.717, 1.165) is 37.2 Å². The van der Waals surface area contributed by atoms with Gasteiger partial charge in [-0.1, -0.05) is 12.1 Å². The highest BCUT2D eigenvalue weighted by molar-refractivity contribution is 5.83. The Kier molecular flexibility index (Phi) is 5.32. The van der Waals surface area contributed by atoms with Crippen molar-refractivity contribution in [3.63, 3.8) is 0 Å². The summed E-state index contributed by atoms with van der Waals surface area (Å²) in [6, 6.07) is 13.8. The minimum atomic E-state index is -0.556. The fourth-order valence-corrected chi connectivity index (χ4v) is 4.20. The quantitative estimate of drug-likeness (QED) is 0.630. The third-order valence-electron chi connectivity index (χ3n) is 5.81. The summed E-state index contributed by atoms with van der Waals surface area (Å²) in [5.41, 5.74) is 1.67. The SMILES string of the molecule is O=C([C@@H]1CN(Cc2ncc(-c3ccc(F)cc3)o2)c2ccccc2O1)N1CCCCC1. The number of hydrogen-bond acceptors (Lipinski definition) is 5. The van der Waals surface area contributed by atoms with Crippen LogP contribution in [-0.2, 0) is 11.3 Å². The van der Waals surface area contributed by atoms with E-state index in [9.17, 15) is 9.18 Å². The number of ether oxygens (including phenoxy) is 1. The Morgan fingerprint density at radius 2 is 1.84 bits per heavy atom. The maximum absolute atomic E-state index is 13.2. The molecule has 3 aromatic rings. The van der Waals surface area contributed by atoms with Gasteiger partial charge < -0.3 is 19.0 Å². The van der Waals surface area contributed by atoms with Gasteiger partial charge in [-0.2, -0.15) is 0 Å². The van der Waals surface area contributed by atoms with Crippen molar-refractivity contribution < 1.29 is 18.3 Å². The van der Waals surface area contributed by atoms with Gasteiger partial charge in [-0.05, 0) is 55.7 Å². The minimum Gasteiger partial charge on any atom is -0.477 e. The number of carbonyl (C=O) groups is 1. The number of aromatic nitrogens is 1. The number of piperidine rings is 1. The first-order chi connectivity index (χ1) is 15.2. The molecule has 2 aliphatic rings. The Morgan fingerprint density at radius 1 is 1.06 bits per heavy atom. The molecule has 0 N–H and O–H groups in total. The van der Waals surface area contributed by atoms with Crippen LogP contribution < -0.4 is 9.64 Å². The number of para-hydroxylation sites is 2. The van der Waals surface area contributed by atoms with E-state index in [0.29, 0.717) is 30.5 Å². The fourth-order valence-electron chi connectivity index (χ4n) is 4.20. The van der Waals surface area contributed by atoms with Crippen molar-refractivity contribution in [2.24, 2.45) is 0 Å². The summed E-state index contributed by atoms with van der Waals surface area (Å²) in [4.78, 5) is 21.5. The van der Waals surface area contributed by atoms with E-state index in [4.69, 9.17) is 9.15 Å². The lowest BCUT2D eigenvalue weighted by Crippen LogP contribution is -2.51. The van der Waals surface area contributed by atoms with Crippen molar-refractivity contribution in [1.82, 2.24) is 9.88 Å². The monoisotopic (exact) mass is 421 g/mol. The van der Waals surface area contributed by atoms with Crippen molar-refractivity contribution >= 4 is 11.6 Å². The van der Waals surface area contributed by atoms with Gasteiger partial charge in [0.2, 0.25) is 5.89 Å². The van der Waals surface area contributed by atoms with E-state index in [2.05, 4.69) is 9.88 Å². The normalized spacial score (nSPS) is 18.4. The molecule has 0 radical (unpaired) electrons. The van der Waals surface area contributed by atoms with Crippen molar-refractivity contribution in [3.8, 4) is 17.1 Å². The summed E-state index contributed by atoms with van der Waals surface area (Å²) in [5, 5.41) is 0. The molecule has 3 heterocycles. The zero-order valence-electron chi connectivity index (χ0n) is 17.2. The Labute approximate surface area is 180 Å². The second kappa shape index (κ2) is 8.41. The highest BCUT2D eigenvalue weighted by atomic mass is 19.1. The van der Waals surface area contributed by atoms with Gasteiger partial charge in [0.1, 0.15) is 11.6 Å². The average Bonchev–Trinajstić information content (AvgIpc) is 3.28. The zero-order valence-corrected chi connectivity index (χ0v) is 17.2. The van der Waals surface area contributed by atoms with E-state index >= 15 is 0 Å². The maximum atomic E-state index is 13.2. The Morgan fingerprint density at radius 3 is 2.65 bits per heavy atom. The zero-order chi connectivity index (χ0) is 21.2. The highest BCUT2D eigenvalue weighted by Crippen LogP contribution is 2.35. The van der Waals surface area contributed by atoms with Gasteiger partial charge in [0, 0.05) is 18.7 Å². The lowest BCUT2D eigenvalue weighted by atomic mass is 10.1. The van der Waals surface area contributed by atoms with E-state index in [1.54, 1.807) is 18.3 Å². The van der Waals surface area contributed by atoms with Crippen LogP contribution in [0.1, 0.15) is 25.2 Å². The summed E-state index contributed by atoms with van der Waals surface area (Å²) in [6.07, 6.45) is 4.35. The van der Waals surface area contributed by atoms with Crippen LogP contribution in [0.25, 0.3) is 11.3 Å². The van der Waals surface area contributed by atoms with Crippen LogP contribution >= 0.6 is 0 Å². The number of likely N-dealkylation sites (tertiary alicyclic amines) is 1. The molecule has 1 aromatic heterocycles. The smallest absolute Gasteiger partial charge is 0.265 e. The van der Waals surface area contributed by atoms with Crippen molar-refractivity contribution in [2.45, 2.75) is 31.9 Å². The molecular weight excluding hydrogens is 397 g/mol. The van der Waals surface area contributed by atoms with Gasteiger partial charge in [0.25, 0.3) is 5.91 Å². The van der Waals surface area contributed by atoms with Gasteiger partial charge in [-0.25, -0.2) is 9.37 Å². The van der Waals surface area contributed by atoms with Gasteiger partial charge in [0.15, 0.2) is 11.9 Å². The number of amides is 1. The maximum Gasteiger partial charge on any atom is 0.265 e. The number of benzene rings is 2. The molecule has 1 amide bonds. The molecule has 2 aliphatic heterocycles. The highest BCUT2D eigenvalue weighted by Gasteiger charge is 2.34. The molecule has 0 spiro atoms. The number of rotatable bonds is 4. The summed E-state index contributed by atoms with van der Waals surface area (Å²) < 4.78 is 25.2. The van der Waals surface area contributed by atoms with E-state index < -0.39 is 6.10 Å². The molecule has 31 heavy (non-hydrogen) atoms. The first-order valence-corrected chi connectivity index (χ1v) is 10.7. The van der Waals surface area contributed by atoms with Crippen molar-refractivity contribution in [1.29, 1.82) is 0 Å². The van der Waals surface area contributed by atoms with Gasteiger partial charge in [-0.3, -0.25) is 4.79 Å². The molecule has 7 heteroatoms. The van der Waals surface area contributed by atoms with Crippen LogP contribution in [0.15, 0.2) is 59.1 Å². The van der Waals surface area contributed by atoms with Crippen molar-refractivity contribution in [3.05, 3.63) is 66.4 Å². The summed E-state index contributed by atoms with van der Waals surface area (Å²) >= 11 is 0. The fraction of sp³-hybridized carbons (Fsp3) is 0.333. The van der Waals surface area contributed by atoms with Gasteiger partial charge in [0.05, 0.1) is 25.0 Å². The minimum absolute atomic E-state index is 0.0404.